The fraction of sp³-hybridized carbons (Fsp3) is 0.500. The topological polar surface area (TPSA) is 35.2 Å². The van der Waals surface area contributed by atoms with Crippen LogP contribution in [-0.2, 0) is 6.42 Å². The van der Waals surface area contributed by atoms with E-state index in [9.17, 15) is 4.39 Å². The number of hydrogen-bond donors (Lipinski definition) is 1. The summed E-state index contributed by atoms with van der Waals surface area (Å²) >= 11 is 0. The summed E-state index contributed by atoms with van der Waals surface area (Å²) in [5.41, 5.74) is 6.30. The van der Waals surface area contributed by atoms with Gasteiger partial charge in [0.15, 0.2) is 11.6 Å². The van der Waals surface area contributed by atoms with Gasteiger partial charge in [-0.25, -0.2) is 4.39 Å². The molecule has 0 heterocycles. The third-order valence-corrected chi connectivity index (χ3v) is 2.02. The summed E-state index contributed by atoms with van der Waals surface area (Å²) in [4.78, 5) is 0. The van der Waals surface area contributed by atoms with Crippen molar-refractivity contribution in [3.05, 3.63) is 29.6 Å². The molecule has 2 nitrogen and oxygen atoms in total. The van der Waals surface area contributed by atoms with Crippen LogP contribution in [0.3, 0.4) is 0 Å². The third kappa shape index (κ3) is 3.51. The van der Waals surface area contributed by atoms with E-state index in [-0.39, 0.29) is 5.82 Å². The van der Waals surface area contributed by atoms with Crippen molar-refractivity contribution in [2.24, 2.45) is 11.7 Å². The predicted molar refractivity (Wildman–Crippen MR) is 59.5 cm³/mol. The number of halogens is 1. The van der Waals surface area contributed by atoms with Crippen LogP contribution in [0.5, 0.6) is 5.75 Å². The van der Waals surface area contributed by atoms with E-state index in [0.29, 0.717) is 31.2 Å². The first-order chi connectivity index (χ1) is 7.15. The van der Waals surface area contributed by atoms with E-state index in [1.165, 1.54) is 6.07 Å². The Balaban J connectivity index is 2.81. The average molecular weight is 211 g/mol. The molecule has 3 heteroatoms. The Hall–Kier alpha value is -1.09. The predicted octanol–water partition coefficient (Wildman–Crippen LogP) is 2.36. The van der Waals surface area contributed by atoms with Gasteiger partial charge >= 0.3 is 0 Å². The smallest absolute Gasteiger partial charge is 0.165 e. The Morgan fingerprint density at radius 2 is 2.13 bits per heavy atom. The quantitative estimate of drug-likeness (QED) is 0.811. The van der Waals surface area contributed by atoms with Gasteiger partial charge in [0, 0.05) is 0 Å². The van der Waals surface area contributed by atoms with Crippen LogP contribution in [0.25, 0.3) is 0 Å². The molecule has 0 aliphatic heterocycles. The number of ether oxygens (including phenoxy) is 1. The fourth-order valence-electron chi connectivity index (χ4n) is 1.32. The van der Waals surface area contributed by atoms with Crippen LogP contribution in [0.2, 0.25) is 0 Å². The number of para-hydroxylation sites is 1. The highest BCUT2D eigenvalue weighted by molar-refractivity contribution is 5.35. The van der Waals surface area contributed by atoms with Gasteiger partial charge in [0.05, 0.1) is 6.61 Å². The van der Waals surface area contributed by atoms with Gasteiger partial charge in [0.1, 0.15) is 0 Å². The molecular formula is C12H18FNO. The van der Waals surface area contributed by atoms with Gasteiger partial charge in [0.2, 0.25) is 0 Å². The Kier molecular flexibility index (Phi) is 4.56. The fourth-order valence-corrected chi connectivity index (χ4v) is 1.32. The molecule has 0 saturated carbocycles. The number of nitrogens with two attached hydrogens (primary N) is 1. The molecule has 15 heavy (non-hydrogen) atoms. The monoisotopic (exact) mass is 211 g/mol. The second kappa shape index (κ2) is 5.71. The van der Waals surface area contributed by atoms with Crippen LogP contribution >= 0.6 is 0 Å². The van der Waals surface area contributed by atoms with Crippen molar-refractivity contribution in [2.75, 3.05) is 13.2 Å². The third-order valence-electron chi connectivity index (χ3n) is 2.02. The van der Waals surface area contributed by atoms with Gasteiger partial charge in [0.25, 0.3) is 0 Å². The van der Waals surface area contributed by atoms with E-state index >= 15 is 0 Å². The molecule has 0 fully saturated rings. The number of benzene rings is 1. The van der Waals surface area contributed by atoms with Gasteiger partial charge in [-0.05, 0) is 30.5 Å². The highest BCUT2D eigenvalue weighted by Crippen LogP contribution is 2.23. The van der Waals surface area contributed by atoms with E-state index in [1.807, 2.05) is 19.9 Å². The Bertz CT molecular complexity index is 312. The van der Waals surface area contributed by atoms with Crippen molar-refractivity contribution in [2.45, 2.75) is 20.3 Å². The SMILES string of the molecule is CC(C)COc1c(F)cccc1CCN. The van der Waals surface area contributed by atoms with E-state index in [0.717, 1.165) is 5.56 Å². The largest absolute Gasteiger partial charge is 0.490 e. The summed E-state index contributed by atoms with van der Waals surface area (Å²) in [5.74, 6) is 0.439. The van der Waals surface area contributed by atoms with E-state index in [2.05, 4.69) is 0 Å². The lowest BCUT2D eigenvalue weighted by atomic mass is 10.1. The van der Waals surface area contributed by atoms with Gasteiger partial charge in [-0.15, -0.1) is 0 Å². The summed E-state index contributed by atoms with van der Waals surface area (Å²) in [6, 6.07) is 4.95. The maximum atomic E-state index is 13.5. The molecular weight excluding hydrogens is 193 g/mol. The highest BCUT2D eigenvalue weighted by Gasteiger charge is 2.09. The summed E-state index contributed by atoms with van der Waals surface area (Å²) in [7, 11) is 0. The first-order valence-electron chi connectivity index (χ1n) is 5.25. The molecule has 0 unspecified atom stereocenters. The minimum Gasteiger partial charge on any atom is -0.490 e. The molecule has 0 aliphatic rings. The van der Waals surface area contributed by atoms with Crippen molar-refractivity contribution in [3.63, 3.8) is 0 Å². The van der Waals surface area contributed by atoms with E-state index < -0.39 is 0 Å². The van der Waals surface area contributed by atoms with E-state index in [1.54, 1.807) is 6.07 Å². The summed E-state index contributed by atoms with van der Waals surface area (Å²) in [6.45, 7) is 5.09. The molecule has 0 saturated heterocycles. The molecule has 0 atom stereocenters. The lowest BCUT2D eigenvalue weighted by Gasteiger charge is -2.13. The van der Waals surface area contributed by atoms with Crippen molar-refractivity contribution in [1.82, 2.24) is 0 Å². The van der Waals surface area contributed by atoms with E-state index in [4.69, 9.17) is 10.5 Å². The van der Waals surface area contributed by atoms with Gasteiger partial charge in [-0.3, -0.25) is 0 Å². The molecule has 0 radical (unpaired) electrons. The molecule has 1 aromatic carbocycles. The van der Waals surface area contributed by atoms with Crippen LogP contribution in [0, 0.1) is 11.7 Å². The summed E-state index contributed by atoms with van der Waals surface area (Å²) in [6.07, 6.45) is 0.644. The highest BCUT2D eigenvalue weighted by atomic mass is 19.1. The molecule has 0 spiro atoms. The summed E-state index contributed by atoms with van der Waals surface area (Å²) < 4.78 is 18.9. The first kappa shape index (κ1) is 12.0. The maximum absolute atomic E-state index is 13.5. The Morgan fingerprint density at radius 3 is 2.73 bits per heavy atom. The van der Waals surface area contributed by atoms with Crippen LogP contribution < -0.4 is 10.5 Å². The molecule has 0 amide bonds. The molecule has 2 N–H and O–H groups in total. The minimum atomic E-state index is -0.304. The van der Waals surface area contributed by atoms with Crippen LogP contribution in [0.1, 0.15) is 19.4 Å². The lowest BCUT2D eigenvalue weighted by molar-refractivity contribution is 0.257. The van der Waals surface area contributed by atoms with Crippen molar-refractivity contribution < 1.29 is 9.13 Å². The van der Waals surface area contributed by atoms with Crippen LogP contribution in [-0.4, -0.2) is 13.2 Å². The lowest BCUT2D eigenvalue weighted by Crippen LogP contribution is -2.10. The zero-order valence-corrected chi connectivity index (χ0v) is 9.29. The Labute approximate surface area is 90.2 Å². The maximum Gasteiger partial charge on any atom is 0.165 e. The molecule has 1 rings (SSSR count). The van der Waals surface area contributed by atoms with Gasteiger partial charge in [-0.1, -0.05) is 26.0 Å². The standard InChI is InChI=1S/C12H18FNO/c1-9(2)8-15-12-10(6-7-14)4-3-5-11(12)13/h3-5,9H,6-8,14H2,1-2H3. The van der Waals surface area contributed by atoms with Crippen molar-refractivity contribution in [3.8, 4) is 5.75 Å². The molecule has 1 aromatic rings. The second-order valence-corrected chi connectivity index (χ2v) is 3.97. The molecule has 0 aromatic heterocycles. The first-order valence-corrected chi connectivity index (χ1v) is 5.25. The average Bonchev–Trinajstić information content (AvgIpc) is 2.17. The van der Waals surface area contributed by atoms with Crippen LogP contribution in [0.15, 0.2) is 18.2 Å². The van der Waals surface area contributed by atoms with Gasteiger partial charge in [-0.2, -0.15) is 0 Å². The number of hydrogen-bond acceptors (Lipinski definition) is 2. The zero-order valence-electron chi connectivity index (χ0n) is 9.29. The normalized spacial score (nSPS) is 10.7. The van der Waals surface area contributed by atoms with Crippen LogP contribution in [0.4, 0.5) is 4.39 Å². The van der Waals surface area contributed by atoms with Gasteiger partial charge < -0.3 is 10.5 Å². The molecule has 0 aliphatic carbocycles. The summed E-state index contributed by atoms with van der Waals surface area (Å²) in [5, 5.41) is 0. The minimum absolute atomic E-state index is 0.304. The Morgan fingerprint density at radius 1 is 1.40 bits per heavy atom. The second-order valence-electron chi connectivity index (χ2n) is 3.97. The molecule has 0 bridgehead atoms. The number of rotatable bonds is 5. The molecule has 84 valence electrons. The van der Waals surface area contributed by atoms with Crippen molar-refractivity contribution >= 4 is 0 Å². The zero-order chi connectivity index (χ0) is 11.3. The van der Waals surface area contributed by atoms with Crippen molar-refractivity contribution in [1.29, 1.82) is 0 Å².